The van der Waals surface area contributed by atoms with Crippen molar-refractivity contribution in [3.05, 3.63) is 109 Å². The van der Waals surface area contributed by atoms with Gasteiger partial charge in [0.25, 0.3) is 0 Å². The molecular formula is C61H100O6. The van der Waals surface area contributed by atoms with Crippen LogP contribution in [0.2, 0.25) is 0 Å². The van der Waals surface area contributed by atoms with Crippen molar-refractivity contribution in [2.45, 2.75) is 245 Å². The molecule has 0 aromatic rings. The summed E-state index contributed by atoms with van der Waals surface area (Å²) in [7, 11) is 0. The van der Waals surface area contributed by atoms with Gasteiger partial charge in [0.05, 0.1) is 0 Å². The summed E-state index contributed by atoms with van der Waals surface area (Å²) in [5.41, 5.74) is 0. The normalized spacial score (nSPS) is 12.9. The van der Waals surface area contributed by atoms with Crippen molar-refractivity contribution in [2.75, 3.05) is 13.2 Å². The number of hydrogen-bond donors (Lipinski definition) is 0. The number of esters is 3. The summed E-state index contributed by atoms with van der Waals surface area (Å²) in [5.74, 6) is -0.948. The first kappa shape index (κ1) is 63.1. The zero-order valence-corrected chi connectivity index (χ0v) is 43.4. The van der Waals surface area contributed by atoms with Crippen molar-refractivity contribution < 1.29 is 28.6 Å². The number of ether oxygens (including phenoxy) is 3. The third-order valence-electron chi connectivity index (χ3n) is 11.2. The Balaban J connectivity index is 4.45. The smallest absolute Gasteiger partial charge is 0.306 e. The summed E-state index contributed by atoms with van der Waals surface area (Å²) in [6.07, 6.45) is 73.5. The third kappa shape index (κ3) is 52.9. The van der Waals surface area contributed by atoms with Crippen LogP contribution in [0.3, 0.4) is 0 Å². The van der Waals surface area contributed by atoms with Crippen LogP contribution in [0.5, 0.6) is 0 Å². The number of unbranched alkanes of at least 4 members (excludes halogenated alkanes) is 19. The van der Waals surface area contributed by atoms with Crippen LogP contribution in [0.15, 0.2) is 109 Å². The quantitative estimate of drug-likeness (QED) is 0.0262. The number of rotatable bonds is 48. The molecule has 0 aromatic heterocycles. The molecule has 0 spiro atoms. The lowest BCUT2D eigenvalue weighted by atomic mass is 10.1. The minimum Gasteiger partial charge on any atom is -0.462 e. The maximum absolute atomic E-state index is 12.8. The number of carbonyl (C=O) groups is 3. The Hall–Kier alpha value is -3.93. The van der Waals surface area contributed by atoms with Crippen molar-refractivity contribution in [2.24, 2.45) is 0 Å². The Kier molecular flexibility index (Phi) is 51.5. The number of carbonyl (C=O) groups excluding carboxylic acids is 3. The molecule has 0 bridgehead atoms. The summed E-state index contributed by atoms with van der Waals surface area (Å²) < 4.78 is 16.8. The molecule has 380 valence electrons. The van der Waals surface area contributed by atoms with E-state index in [4.69, 9.17) is 14.2 Å². The van der Waals surface area contributed by atoms with E-state index in [1.165, 1.54) is 32.1 Å². The molecule has 1 atom stereocenters. The van der Waals surface area contributed by atoms with E-state index in [0.717, 1.165) is 167 Å². The van der Waals surface area contributed by atoms with E-state index in [9.17, 15) is 14.4 Å². The SMILES string of the molecule is CC/C=C\C/C=C\C/C=C\C/C=C\C/C=C\CCCCCCCC(=O)OCC(COC(=O)CCCCCCC/C=C\C/C=C\CCC)OC(=O)CCCCCCC/C=C\C/C=C\CCCCC. The van der Waals surface area contributed by atoms with E-state index in [1.807, 2.05) is 0 Å². The standard InChI is InChI=1S/C61H100O6/c1-4-7-10-13-16-19-22-25-27-28-29-30-31-32-34-36-39-42-45-48-51-54-60(63)66-57-58(56-65-59(62)53-50-47-44-41-38-35-24-21-18-15-12-9-6-3)67-61(64)55-52-49-46-43-40-37-33-26-23-20-17-14-11-8-5-2/h7,10,12,15-17,19-21,24-27,29-30,32-34,58H,4-6,8-9,11,13-14,18,22-23,28,31,35-57H2,1-3H3/b10-7-,15-12-,19-16-,20-17-,24-21-,27-25-,30-29-,33-26-,34-32-. The van der Waals surface area contributed by atoms with Gasteiger partial charge in [-0.15, -0.1) is 0 Å². The van der Waals surface area contributed by atoms with Crippen molar-refractivity contribution in [3.8, 4) is 0 Å². The first-order valence-corrected chi connectivity index (χ1v) is 27.4. The summed E-state index contributed by atoms with van der Waals surface area (Å²) in [6, 6.07) is 0. The van der Waals surface area contributed by atoms with Crippen LogP contribution in [0.1, 0.15) is 239 Å². The molecule has 0 radical (unpaired) electrons. The van der Waals surface area contributed by atoms with Gasteiger partial charge in [-0.25, -0.2) is 0 Å². The van der Waals surface area contributed by atoms with Crippen LogP contribution < -0.4 is 0 Å². The fourth-order valence-electron chi connectivity index (χ4n) is 7.12. The second kappa shape index (κ2) is 54.7. The Morgan fingerprint density at radius 2 is 0.612 bits per heavy atom. The minimum absolute atomic E-state index is 0.0993. The largest absolute Gasteiger partial charge is 0.462 e. The first-order chi connectivity index (χ1) is 33.0. The molecule has 0 fully saturated rings. The fraction of sp³-hybridized carbons (Fsp3) is 0.656. The molecule has 0 N–H and O–H groups in total. The van der Waals surface area contributed by atoms with Gasteiger partial charge >= 0.3 is 17.9 Å². The van der Waals surface area contributed by atoms with E-state index in [1.54, 1.807) is 0 Å². The Morgan fingerprint density at radius 1 is 0.313 bits per heavy atom. The predicted octanol–water partition coefficient (Wildman–Crippen LogP) is 18.3. The molecule has 0 aliphatic carbocycles. The minimum atomic E-state index is -0.801. The second-order valence-corrected chi connectivity index (χ2v) is 17.7. The van der Waals surface area contributed by atoms with Crippen molar-refractivity contribution in [1.29, 1.82) is 0 Å². The highest BCUT2D eigenvalue weighted by molar-refractivity contribution is 5.71. The topological polar surface area (TPSA) is 78.9 Å². The van der Waals surface area contributed by atoms with Gasteiger partial charge in [0.15, 0.2) is 6.10 Å². The van der Waals surface area contributed by atoms with Crippen LogP contribution in [-0.2, 0) is 28.6 Å². The van der Waals surface area contributed by atoms with Gasteiger partial charge in [0.2, 0.25) is 0 Å². The predicted molar refractivity (Wildman–Crippen MR) is 288 cm³/mol. The van der Waals surface area contributed by atoms with Gasteiger partial charge in [0.1, 0.15) is 13.2 Å². The van der Waals surface area contributed by atoms with Crippen molar-refractivity contribution in [1.82, 2.24) is 0 Å². The Labute approximate surface area is 412 Å². The molecule has 0 amide bonds. The van der Waals surface area contributed by atoms with E-state index < -0.39 is 6.10 Å². The van der Waals surface area contributed by atoms with Crippen LogP contribution in [0.25, 0.3) is 0 Å². The average Bonchev–Trinajstić information content (AvgIpc) is 3.33. The average molecular weight is 929 g/mol. The number of hydrogen-bond acceptors (Lipinski definition) is 6. The molecule has 0 rings (SSSR count). The third-order valence-corrected chi connectivity index (χ3v) is 11.2. The lowest BCUT2D eigenvalue weighted by Crippen LogP contribution is -2.30. The zero-order chi connectivity index (χ0) is 48.6. The number of allylic oxidation sites excluding steroid dienone is 18. The highest BCUT2D eigenvalue weighted by atomic mass is 16.6. The monoisotopic (exact) mass is 929 g/mol. The van der Waals surface area contributed by atoms with E-state index in [0.29, 0.717) is 19.3 Å². The summed E-state index contributed by atoms with van der Waals surface area (Å²) >= 11 is 0. The Bertz CT molecular complexity index is 1390. The molecule has 0 saturated heterocycles. The molecule has 1 unspecified atom stereocenters. The molecule has 6 heteroatoms. The summed E-state index contributed by atoms with van der Waals surface area (Å²) in [5, 5.41) is 0. The van der Waals surface area contributed by atoms with Crippen molar-refractivity contribution in [3.63, 3.8) is 0 Å². The molecule has 6 nitrogen and oxygen atoms in total. The van der Waals surface area contributed by atoms with Crippen LogP contribution in [0, 0.1) is 0 Å². The lowest BCUT2D eigenvalue weighted by molar-refractivity contribution is -0.167. The molecule has 0 saturated carbocycles. The van der Waals surface area contributed by atoms with E-state index >= 15 is 0 Å². The van der Waals surface area contributed by atoms with Gasteiger partial charge in [-0.2, -0.15) is 0 Å². The molecule has 0 aromatic carbocycles. The van der Waals surface area contributed by atoms with Gasteiger partial charge < -0.3 is 14.2 Å². The van der Waals surface area contributed by atoms with Gasteiger partial charge in [-0.05, 0) is 122 Å². The highest BCUT2D eigenvalue weighted by Crippen LogP contribution is 2.13. The second-order valence-electron chi connectivity index (χ2n) is 17.7. The van der Waals surface area contributed by atoms with Crippen LogP contribution in [-0.4, -0.2) is 37.2 Å². The Morgan fingerprint density at radius 3 is 0.970 bits per heavy atom. The molecular weight excluding hydrogens is 829 g/mol. The highest BCUT2D eigenvalue weighted by Gasteiger charge is 2.19. The van der Waals surface area contributed by atoms with Gasteiger partial charge in [-0.3, -0.25) is 14.4 Å². The van der Waals surface area contributed by atoms with E-state index in [2.05, 4.69) is 130 Å². The molecule has 0 aliphatic rings. The first-order valence-electron chi connectivity index (χ1n) is 27.4. The summed E-state index contributed by atoms with van der Waals surface area (Å²) in [6.45, 7) is 6.39. The van der Waals surface area contributed by atoms with Gasteiger partial charge in [-0.1, -0.05) is 207 Å². The molecule has 0 aliphatic heterocycles. The molecule has 0 heterocycles. The van der Waals surface area contributed by atoms with Crippen molar-refractivity contribution >= 4 is 17.9 Å². The van der Waals surface area contributed by atoms with E-state index in [-0.39, 0.29) is 31.1 Å². The zero-order valence-electron chi connectivity index (χ0n) is 43.4. The fourth-order valence-corrected chi connectivity index (χ4v) is 7.12. The lowest BCUT2D eigenvalue weighted by Gasteiger charge is -2.18. The maximum atomic E-state index is 12.8. The molecule has 67 heavy (non-hydrogen) atoms. The van der Waals surface area contributed by atoms with Crippen LogP contribution in [0.4, 0.5) is 0 Å². The maximum Gasteiger partial charge on any atom is 0.306 e. The van der Waals surface area contributed by atoms with Crippen LogP contribution >= 0.6 is 0 Å². The summed E-state index contributed by atoms with van der Waals surface area (Å²) in [4.78, 5) is 38.1. The van der Waals surface area contributed by atoms with Gasteiger partial charge in [0, 0.05) is 19.3 Å².